The van der Waals surface area contributed by atoms with Crippen LogP contribution in [-0.2, 0) is 10.3 Å². The lowest BCUT2D eigenvalue weighted by Gasteiger charge is -2.37. The van der Waals surface area contributed by atoms with Gasteiger partial charge in [0.15, 0.2) is 0 Å². The fourth-order valence-corrected chi connectivity index (χ4v) is 5.55. The van der Waals surface area contributed by atoms with E-state index in [1.807, 2.05) is 73.7 Å². The molecule has 0 radical (unpaired) electrons. The Morgan fingerprint density at radius 2 is 1.37 bits per heavy atom. The summed E-state index contributed by atoms with van der Waals surface area (Å²) in [4.78, 5) is 22.1. The summed E-state index contributed by atoms with van der Waals surface area (Å²) in [6, 6.07) is 42.6. The van der Waals surface area contributed by atoms with Gasteiger partial charge in [0, 0.05) is 17.8 Å². The van der Waals surface area contributed by atoms with E-state index in [2.05, 4.69) is 52.0 Å². The van der Waals surface area contributed by atoms with Gasteiger partial charge in [-0.2, -0.15) is 0 Å². The Morgan fingerprint density at radius 1 is 0.761 bits per heavy atom. The number of nitrogen functional groups attached to an aromatic ring is 1. The lowest BCUT2D eigenvalue weighted by molar-refractivity contribution is -0.111. The van der Waals surface area contributed by atoms with Gasteiger partial charge >= 0.3 is 0 Å². The lowest BCUT2D eigenvalue weighted by Crippen LogP contribution is -2.38. The molecule has 0 spiro atoms. The van der Waals surface area contributed by atoms with Crippen LogP contribution < -0.4 is 16.4 Å². The fourth-order valence-electron chi connectivity index (χ4n) is 5.55. The van der Waals surface area contributed by atoms with E-state index in [-0.39, 0.29) is 11.6 Å². The summed E-state index contributed by atoms with van der Waals surface area (Å²) in [7, 11) is 0. The molecule has 2 aromatic heterocycles. The maximum atomic E-state index is 13.8. The van der Waals surface area contributed by atoms with Crippen LogP contribution in [0.25, 0.3) is 17.2 Å². The number of carbonyl (C=O) groups excluding carboxylic acids is 1. The van der Waals surface area contributed by atoms with Crippen LogP contribution in [0.15, 0.2) is 146 Å². The van der Waals surface area contributed by atoms with Crippen molar-refractivity contribution in [1.82, 2.24) is 9.97 Å². The van der Waals surface area contributed by atoms with Crippen LogP contribution in [0.2, 0.25) is 0 Å². The van der Waals surface area contributed by atoms with E-state index in [0.717, 1.165) is 22.3 Å². The molecule has 4 N–H and O–H groups in total. The van der Waals surface area contributed by atoms with Crippen molar-refractivity contribution >= 4 is 29.3 Å². The summed E-state index contributed by atoms with van der Waals surface area (Å²) in [5.41, 5.74) is 11.6. The van der Waals surface area contributed by atoms with Gasteiger partial charge in [0.25, 0.3) is 0 Å². The second-order valence-corrected chi connectivity index (χ2v) is 10.9. The first-order valence-corrected chi connectivity index (χ1v) is 14.8. The second kappa shape index (κ2) is 13.3. The Kier molecular flexibility index (Phi) is 8.65. The quantitative estimate of drug-likeness (QED) is 0.114. The molecule has 46 heavy (non-hydrogen) atoms. The number of benzene rings is 4. The van der Waals surface area contributed by atoms with Gasteiger partial charge < -0.3 is 16.4 Å². The highest BCUT2D eigenvalue weighted by molar-refractivity contribution is 6.03. The van der Waals surface area contributed by atoms with Crippen molar-refractivity contribution in [3.05, 3.63) is 179 Å². The number of carbonyl (C=O) groups is 1. The number of rotatable bonds is 9. The summed E-state index contributed by atoms with van der Waals surface area (Å²) < 4.78 is 13.8. The number of nitrogens with zero attached hydrogens (tertiary/aromatic N) is 2. The van der Waals surface area contributed by atoms with Crippen molar-refractivity contribution in [2.24, 2.45) is 0 Å². The van der Waals surface area contributed by atoms with Crippen LogP contribution in [0.3, 0.4) is 0 Å². The number of aromatic nitrogens is 2. The Hall–Kier alpha value is -6.08. The predicted octanol–water partition coefficient (Wildman–Crippen LogP) is 8.23. The Balaban J connectivity index is 1.31. The van der Waals surface area contributed by atoms with Crippen LogP contribution >= 0.6 is 0 Å². The molecule has 0 atom stereocenters. The van der Waals surface area contributed by atoms with Crippen molar-refractivity contribution in [3.8, 4) is 11.1 Å². The van der Waals surface area contributed by atoms with E-state index in [0.29, 0.717) is 28.3 Å². The molecular formula is C39H32FN5O. The van der Waals surface area contributed by atoms with E-state index in [1.165, 1.54) is 18.2 Å². The molecule has 226 valence electrons. The number of nitrogens with two attached hydrogens (primary N) is 1. The zero-order valence-electron chi connectivity index (χ0n) is 25.2. The van der Waals surface area contributed by atoms with Crippen molar-refractivity contribution in [1.29, 1.82) is 0 Å². The van der Waals surface area contributed by atoms with Gasteiger partial charge in [0.2, 0.25) is 5.91 Å². The number of nitrogens with one attached hydrogen (secondary N) is 2. The average molecular weight is 606 g/mol. The molecule has 0 saturated carbocycles. The molecule has 0 bridgehead atoms. The normalized spacial score (nSPS) is 11.3. The minimum atomic E-state index is -0.750. The van der Waals surface area contributed by atoms with Crippen molar-refractivity contribution < 1.29 is 9.18 Å². The molecule has 6 aromatic rings. The number of hydrogen-bond donors (Lipinski definition) is 3. The van der Waals surface area contributed by atoms with Gasteiger partial charge in [-0.1, -0.05) is 103 Å². The highest BCUT2D eigenvalue weighted by Crippen LogP contribution is 2.40. The van der Waals surface area contributed by atoms with Crippen LogP contribution in [0.4, 0.5) is 21.7 Å². The highest BCUT2D eigenvalue weighted by atomic mass is 19.1. The first-order chi connectivity index (χ1) is 22.4. The first-order valence-electron chi connectivity index (χ1n) is 14.8. The van der Waals surface area contributed by atoms with Crippen LogP contribution in [0.1, 0.15) is 27.9 Å². The maximum Gasteiger partial charge on any atom is 0.248 e. The molecule has 0 unspecified atom stereocenters. The smallest absolute Gasteiger partial charge is 0.248 e. The molecule has 0 fully saturated rings. The van der Waals surface area contributed by atoms with Gasteiger partial charge in [-0.3, -0.25) is 4.79 Å². The molecule has 0 aliphatic heterocycles. The van der Waals surface area contributed by atoms with E-state index in [9.17, 15) is 9.18 Å². The number of pyridine rings is 2. The summed E-state index contributed by atoms with van der Waals surface area (Å²) >= 11 is 0. The highest BCUT2D eigenvalue weighted by Gasteiger charge is 2.36. The zero-order valence-corrected chi connectivity index (χ0v) is 25.2. The van der Waals surface area contributed by atoms with Gasteiger partial charge in [0.05, 0.1) is 11.4 Å². The monoisotopic (exact) mass is 605 g/mol. The number of amides is 1. The molecule has 4 aromatic carbocycles. The third kappa shape index (κ3) is 6.54. The molecule has 6 rings (SSSR count). The molecule has 1 amide bonds. The summed E-state index contributed by atoms with van der Waals surface area (Å²) in [6.45, 7) is 1.99. The average Bonchev–Trinajstić information content (AvgIpc) is 3.08. The van der Waals surface area contributed by atoms with Crippen molar-refractivity contribution in [2.45, 2.75) is 12.5 Å². The van der Waals surface area contributed by atoms with E-state index >= 15 is 0 Å². The van der Waals surface area contributed by atoms with E-state index < -0.39 is 11.4 Å². The zero-order chi connectivity index (χ0) is 31.9. The van der Waals surface area contributed by atoms with Crippen LogP contribution in [0.5, 0.6) is 0 Å². The fraction of sp³-hybridized carbons (Fsp3) is 0.0513. The molecular weight excluding hydrogens is 573 g/mol. The topological polar surface area (TPSA) is 92.9 Å². The summed E-state index contributed by atoms with van der Waals surface area (Å²) in [5, 5.41) is 6.57. The molecule has 2 heterocycles. The maximum absolute atomic E-state index is 13.8. The van der Waals surface area contributed by atoms with Gasteiger partial charge in [-0.25, -0.2) is 14.4 Å². The Bertz CT molecular complexity index is 1900. The Labute approximate surface area is 267 Å². The van der Waals surface area contributed by atoms with Crippen molar-refractivity contribution in [2.75, 3.05) is 16.4 Å². The number of halogens is 1. The molecule has 0 aliphatic carbocycles. The lowest BCUT2D eigenvalue weighted by atomic mass is 9.77. The summed E-state index contributed by atoms with van der Waals surface area (Å²) in [6.07, 6.45) is 4.60. The summed E-state index contributed by atoms with van der Waals surface area (Å²) in [5.74, 6) is 0.0276. The number of aryl methyl sites for hydroxylation is 1. The van der Waals surface area contributed by atoms with Gasteiger partial charge in [-0.15, -0.1) is 0 Å². The largest absolute Gasteiger partial charge is 0.382 e. The minimum Gasteiger partial charge on any atom is -0.382 e. The molecule has 0 saturated heterocycles. The van der Waals surface area contributed by atoms with Gasteiger partial charge in [-0.05, 0) is 71.1 Å². The van der Waals surface area contributed by atoms with Crippen LogP contribution in [-0.4, -0.2) is 15.9 Å². The third-order valence-electron chi connectivity index (χ3n) is 7.67. The number of hydrogen-bond acceptors (Lipinski definition) is 5. The minimum absolute atomic E-state index is 0.154. The van der Waals surface area contributed by atoms with E-state index in [4.69, 9.17) is 10.7 Å². The number of anilines is 3. The third-order valence-corrected chi connectivity index (χ3v) is 7.67. The van der Waals surface area contributed by atoms with Gasteiger partial charge in [0.1, 0.15) is 23.0 Å². The molecule has 0 aliphatic rings. The second-order valence-electron chi connectivity index (χ2n) is 10.9. The SMILES string of the molecule is Cc1cc(/C=C\C(=O)Nc2cc(-c3cccc(F)c3)cnc2N)nc(NC(c2ccccc2)(c2ccccc2)c2ccccc2)c1. The van der Waals surface area contributed by atoms with Crippen LogP contribution in [0, 0.1) is 12.7 Å². The van der Waals surface area contributed by atoms with E-state index in [1.54, 1.807) is 30.5 Å². The first kappa shape index (κ1) is 30.0. The molecule has 7 heteroatoms. The molecule has 6 nitrogen and oxygen atoms in total. The predicted molar refractivity (Wildman–Crippen MR) is 184 cm³/mol. The standard InChI is InChI=1S/C39H32FN5O/c1-27-22-34(20-21-37(46)44-35-25-29(26-42-38(35)41)28-12-11-19-33(40)24-28)43-36(23-27)45-39(30-13-5-2-6-14-30,31-15-7-3-8-16-31)32-17-9-4-10-18-32/h2-26H,1H3,(H2,41,42)(H,43,45)(H,44,46)/b21-20-. The Morgan fingerprint density at radius 3 is 1.96 bits per heavy atom. The van der Waals surface area contributed by atoms with Crippen molar-refractivity contribution in [3.63, 3.8) is 0 Å².